The summed E-state index contributed by atoms with van der Waals surface area (Å²) < 4.78 is 10.6. The van der Waals surface area contributed by atoms with Gasteiger partial charge < -0.3 is 14.8 Å². The number of amides is 1. The highest BCUT2D eigenvalue weighted by atomic mass is 35.5. The fourth-order valence-corrected chi connectivity index (χ4v) is 1.67. The highest BCUT2D eigenvalue weighted by Crippen LogP contribution is 2.17. The van der Waals surface area contributed by atoms with Gasteiger partial charge >= 0.3 is 0 Å². The van der Waals surface area contributed by atoms with Gasteiger partial charge in [0.25, 0.3) is 5.91 Å². The van der Waals surface area contributed by atoms with Crippen molar-refractivity contribution in [2.75, 3.05) is 20.3 Å². The number of methoxy groups -OCH3 is 1. The Labute approximate surface area is 119 Å². The van der Waals surface area contributed by atoms with Crippen molar-refractivity contribution in [1.29, 1.82) is 0 Å². The van der Waals surface area contributed by atoms with E-state index in [1.807, 2.05) is 6.92 Å². The lowest BCUT2D eigenvalue weighted by Gasteiger charge is -2.17. The average Bonchev–Trinajstić information content (AvgIpc) is 2.42. The third-order valence-electron chi connectivity index (χ3n) is 2.58. The van der Waals surface area contributed by atoms with Crippen LogP contribution in [0.4, 0.5) is 0 Å². The quantitative estimate of drug-likeness (QED) is 0.747. The number of hydrogen-bond donors (Lipinski definition) is 1. The van der Waals surface area contributed by atoms with Crippen LogP contribution in [0.5, 0.6) is 5.75 Å². The summed E-state index contributed by atoms with van der Waals surface area (Å²) in [5, 5.41) is 3.47. The Morgan fingerprint density at radius 2 is 2.05 bits per heavy atom. The summed E-state index contributed by atoms with van der Waals surface area (Å²) in [5.41, 5.74) is 0. The van der Waals surface area contributed by atoms with Crippen LogP contribution in [0, 0.1) is 0 Å². The molecular formula is C14H20ClNO3. The standard InChI is InChI=1S/C14H20ClNO3/c1-3-13(14(17)16-9-4-10-18-2)19-12-7-5-11(15)6-8-12/h5-8,13H,3-4,9-10H2,1-2H3,(H,16,17)/t13-/m0/s1. The van der Waals surface area contributed by atoms with Gasteiger partial charge in [-0.1, -0.05) is 18.5 Å². The van der Waals surface area contributed by atoms with Crippen LogP contribution in [0.25, 0.3) is 0 Å². The molecule has 0 unspecified atom stereocenters. The van der Waals surface area contributed by atoms with Gasteiger partial charge in [0.05, 0.1) is 0 Å². The molecule has 1 N–H and O–H groups in total. The molecule has 0 saturated carbocycles. The molecule has 0 heterocycles. The molecule has 1 aromatic carbocycles. The maximum Gasteiger partial charge on any atom is 0.261 e. The molecule has 0 aliphatic rings. The van der Waals surface area contributed by atoms with Crippen LogP contribution in [-0.4, -0.2) is 32.3 Å². The van der Waals surface area contributed by atoms with E-state index in [4.69, 9.17) is 21.1 Å². The minimum absolute atomic E-state index is 0.103. The van der Waals surface area contributed by atoms with E-state index in [9.17, 15) is 4.79 Å². The van der Waals surface area contributed by atoms with Gasteiger partial charge in [-0.05, 0) is 37.1 Å². The molecule has 1 rings (SSSR count). The number of carbonyl (C=O) groups excluding carboxylic acids is 1. The first-order valence-electron chi connectivity index (χ1n) is 6.36. The van der Waals surface area contributed by atoms with Crippen molar-refractivity contribution in [2.45, 2.75) is 25.9 Å². The lowest BCUT2D eigenvalue weighted by molar-refractivity contribution is -0.128. The minimum Gasteiger partial charge on any atom is -0.481 e. The van der Waals surface area contributed by atoms with Gasteiger partial charge in [-0.15, -0.1) is 0 Å². The summed E-state index contributed by atoms with van der Waals surface area (Å²) in [6, 6.07) is 6.98. The van der Waals surface area contributed by atoms with E-state index >= 15 is 0 Å². The summed E-state index contributed by atoms with van der Waals surface area (Å²) in [4.78, 5) is 11.9. The molecular weight excluding hydrogens is 266 g/mol. The second-order valence-corrected chi connectivity index (χ2v) is 4.54. The van der Waals surface area contributed by atoms with Crippen LogP contribution in [0.15, 0.2) is 24.3 Å². The first-order chi connectivity index (χ1) is 9.17. The van der Waals surface area contributed by atoms with Crippen molar-refractivity contribution in [3.05, 3.63) is 29.3 Å². The van der Waals surface area contributed by atoms with Crippen molar-refractivity contribution in [1.82, 2.24) is 5.32 Å². The summed E-state index contributed by atoms with van der Waals surface area (Å²) in [6.07, 6.45) is 0.918. The first-order valence-corrected chi connectivity index (χ1v) is 6.74. The predicted molar refractivity (Wildman–Crippen MR) is 75.7 cm³/mol. The average molecular weight is 286 g/mol. The van der Waals surface area contributed by atoms with Crippen LogP contribution < -0.4 is 10.1 Å². The van der Waals surface area contributed by atoms with Crippen LogP contribution in [0.3, 0.4) is 0 Å². The topological polar surface area (TPSA) is 47.6 Å². The van der Waals surface area contributed by atoms with Gasteiger partial charge in [-0.2, -0.15) is 0 Å². The summed E-state index contributed by atoms with van der Waals surface area (Å²) in [7, 11) is 1.64. The normalized spacial score (nSPS) is 11.9. The van der Waals surface area contributed by atoms with E-state index in [-0.39, 0.29) is 5.91 Å². The van der Waals surface area contributed by atoms with E-state index in [0.29, 0.717) is 30.3 Å². The van der Waals surface area contributed by atoms with Crippen LogP contribution in [0.2, 0.25) is 5.02 Å². The first kappa shape index (κ1) is 15.8. The Bertz CT molecular complexity index is 381. The number of benzene rings is 1. The second-order valence-electron chi connectivity index (χ2n) is 4.11. The van der Waals surface area contributed by atoms with Gasteiger partial charge in [0.15, 0.2) is 6.10 Å². The number of halogens is 1. The maximum absolute atomic E-state index is 11.9. The van der Waals surface area contributed by atoms with E-state index in [2.05, 4.69) is 5.32 Å². The van der Waals surface area contributed by atoms with Crippen molar-refractivity contribution in [3.8, 4) is 5.75 Å². The fraction of sp³-hybridized carbons (Fsp3) is 0.500. The number of ether oxygens (including phenoxy) is 2. The molecule has 1 aromatic rings. The molecule has 4 nitrogen and oxygen atoms in total. The minimum atomic E-state index is -0.483. The molecule has 1 atom stereocenters. The van der Waals surface area contributed by atoms with Gasteiger partial charge in [0, 0.05) is 25.3 Å². The predicted octanol–water partition coefficient (Wildman–Crippen LogP) is 2.65. The molecule has 0 aliphatic heterocycles. The molecule has 19 heavy (non-hydrogen) atoms. The van der Waals surface area contributed by atoms with E-state index in [1.165, 1.54) is 0 Å². The zero-order chi connectivity index (χ0) is 14.1. The molecule has 0 saturated heterocycles. The van der Waals surface area contributed by atoms with Crippen molar-refractivity contribution < 1.29 is 14.3 Å². The number of hydrogen-bond acceptors (Lipinski definition) is 3. The highest BCUT2D eigenvalue weighted by Gasteiger charge is 2.17. The van der Waals surface area contributed by atoms with Gasteiger partial charge in [-0.25, -0.2) is 0 Å². The van der Waals surface area contributed by atoms with E-state index in [1.54, 1.807) is 31.4 Å². The van der Waals surface area contributed by atoms with Gasteiger partial charge in [0.2, 0.25) is 0 Å². The summed E-state index contributed by atoms with van der Waals surface area (Å²) in [5.74, 6) is 0.539. The summed E-state index contributed by atoms with van der Waals surface area (Å²) >= 11 is 5.80. The SMILES string of the molecule is CC[C@H](Oc1ccc(Cl)cc1)C(=O)NCCCOC. The molecule has 0 radical (unpaired) electrons. The number of carbonyl (C=O) groups is 1. The third-order valence-corrected chi connectivity index (χ3v) is 2.83. The maximum atomic E-state index is 11.9. The largest absolute Gasteiger partial charge is 0.481 e. The Balaban J connectivity index is 2.43. The van der Waals surface area contributed by atoms with E-state index in [0.717, 1.165) is 6.42 Å². The van der Waals surface area contributed by atoms with Gasteiger partial charge in [0.1, 0.15) is 5.75 Å². The van der Waals surface area contributed by atoms with Crippen LogP contribution in [0.1, 0.15) is 19.8 Å². The Morgan fingerprint density at radius 3 is 2.63 bits per heavy atom. The Kier molecular flexibility index (Phi) is 7.30. The van der Waals surface area contributed by atoms with E-state index < -0.39 is 6.10 Å². The highest BCUT2D eigenvalue weighted by molar-refractivity contribution is 6.30. The Morgan fingerprint density at radius 1 is 1.37 bits per heavy atom. The molecule has 0 aliphatic carbocycles. The zero-order valence-corrected chi connectivity index (χ0v) is 12.1. The van der Waals surface area contributed by atoms with Crippen molar-refractivity contribution in [2.24, 2.45) is 0 Å². The number of nitrogens with one attached hydrogen (secondary N) is 1. The monoisotopic (exact) mass is 285 g/mol. The third kappa shape index (κ3) is 5.94. The van der Waals surface area contributed by atoms with Crippen LogP contribution in [-0.2, 0) is 9.53 Å². The molecule has 5 heteroatoms. The van der Waals surface area contributed by atoms with Gasteiger partial charge in [-0.3, -0.25) is 4.79 Å². The molecule has 1 amide bonds. The lowest BCUT2D eigenvalue weighted by atomic mass is 10.2. The fourth-order valence-electron chi connectivity index (χ4n) is 1.54. The zero-order valence-electron chi connectivity index (χ0n) is 11.3. The summed E-state index contributed by atoms with van der Waals surface area (Å²) in [6.45, 7) is 3.14. The lowest BCUT2D eigenvalue weighted by Crippen LogP contribution is -2.38. The Hall–Kier alpha value is -1.26. The molecule has 0 spiro atoms. The molecule has 0 bridgehead atoms. The molecule has 106 valence electrons. The molecule has 0 fully saturated rings. The second kappa shape index (κ2) is 8.77. The molecule has 0 aromatic heterocycles. The smallest absolute Gasteiger partial charge is 0.261 e. The van der Waals surface area contributed by atoms with Crippen molar-refractivity contribution in [3.63, 3.8) is 0 Å². The van der Waals surface area contributed by atoms with Crippen LogP contribution >= 0.6 is 11.6 Å². The number of rotatable bonds is 8. The van der Waals surface area contributed by atoms with Crippen molar-refractivity contribution >= 4 is 17.5 Å².